The molecule has 0 aliphatic rings. The molecule has 0 atom stereocenters. The number of halogens is 2. The first kappa shape index (κ1) is 21.2. The van der Waals surface area contributed by atoms with Gasteiger partial charge in [-0.1, -0.05) is 0 Å². The van der Waals surface area contributed by atoms with Crippen molar-refractivity contribution in [3.8, 4) is 11.8 Å². The summed E-state index contributed by atoms with van der Waals surface area (Å²) in [4.78, 5) is 16.1. The van der Waals surface area contributed by atoms with Crippen molar-refractivity contribution in [1.82, 2.24) is 0 Å². The molecule has 0 fully saturated rings. The summed E-state index contributed by atoms with van der Waals surface area (Å²) >= 11 is 0. The molecule has 0 aliphatic heterocycles. The van der Waals surface area contributed by atoms with E-state index in [-0.39, 0.29) is 25.4 Å². The van der Waals surface area contributed by atoms with E-state index in [1.807, 2.05) is 19.9 Å². The number of carbonyl (C=O) groups excluding carboxylic acids is 1. The zero-order chi connectivity index (χ0) is 20.5. The van der Waals surface area contributed by atoms with Crippen LogP contribution in [0.25, 0.3) is 0 Å². The van der Waals surface area contributed by atoms with Crippen molar-refractivity contribution >= 4 is 17.3 Å². The summed E-state index contributed by atoms with van der Waals surface area (Å²) < 4.78 is 32.2. The average molecular weight is 387 g/mol. The van der Waals surface area contributed by atoms with E-state index in [0.717, 1.165) is 12.1 Å². The molecule has 0 aliphatic carbocycles. The molecule has 2 aromatic rings. The Morgan fingerprint density at radius 2 is 1.75 bits per heavy atom. The van der Waals surface area contributed by atoms with Gasteiger partial charge in [0.25, 0.3) is 0 Å². The molecule has 0 aromatic heterocycles. The minimum absolute atomic E-state index is 0.0276. The van der Waals surface area contributed by atoms with Crippen LogP contribution >= 0.6 is 0 Å². The third kappa shape index (κ3) is 5.43. The van der Waals surface area contributed by atoms with Gasteiger partial charge in [-0.15, -0.1) is 0 Å². The van der Waals surface area contributed by atoms with Crippen molar-refractivity contribution in [2.45, 2.75) is 20.3 Å². The minimum Gasteiger partial charge on any atom is -0.494 e. The largest absolute Gasteiger partial charge is 0.494 e. The fourth-order valence-corrected chi connectivity index (χ4v) is 2.76. The zero-order valence-corrected chi connectivity index (χ0v) is 16.0. The Morgan fingerprint density at radius 3 is 2.32 bits per heavy atom. The van der Waals surface area contributed by atoms with Crippen LogP contribution < -0.4 is 14.5 Å². The predicted octanol–water partition coefficient (Wildman–Crippen LogP) is 4.14. The fraction of sp³-hybridized carbons (Fsp3) is 0.333. The number of rotatable bonds is 9. The van der Waals surface area contributed by atoms with Crippen molar-refractivity contribution in [2.24, 2.45) is 0 Å². The maximum atomic E-state index is 13.6. The van der Waals surface area contributed by atoms with Crippen molar-refractivity contribution in [1.29, 1.82) is 5.26 Å². The molecule has 0 radical (unpaired) electrons. The number of carbonyl (C=O) groups is 1. The highest BCUT2D eigenvalue weighted by molar-refractivity contribution is 5.96. The monoisotopic (exact) mass is 387 g/mol. The summed E-state index contributed by atoms with van der Waals surface area (Å²) in [5, 5.41) is 8.92. The number of hydrogen-bond donors (Lipinski definition) is 0. The molecule has 2 rings (SSSR count). The molecular weight excluding hydrogens is 364 g/mol. The van der Waals surface area contributed by atoms with Crippen LogP contribution in [-0.2, 0) is 4.79 Å². The fourth-order valence-electron chi connectivity index (χ4n) is 2.76. The average Bonchev–Trinajstić information content (AvgIpc) is 2.70. The van der Waals surface area contributed by atoms with Gasteiger partial charge in [-0.2, -0.15) is 5.26 Å². The van der Waals surface area contributed by atoms with E-state index in [1.165, 1.54) is 11.0 Å². The van der Waals surface area contributed by atoms with Gasteiger partial charge >= 0.3 is 0 Å². The quantitative estimate of drug-likeness (QED) is 0.649. The number of likely N-dealkylation sites (N-methyl/N-ethyl adjacent to an activating group) is 1. The lowest BCUT2D eigenvalue weighted by atomic mass is 10.2. The molecule has 5 nitrogen and oxygen atoms in total. The summed E-state index contributed by atoms with van der Waals surface area (Å²) in [5.74, 6) is -1.45. The lowest BCUT2D eigenvalue weighted by molar-refractivity contribution is -0.117. The molecule has 0 spiro atoms. The van der Waals surface area contributed by atoms with Gasteiger partial charge in [0.15, 0.2) is 11.6 Å². The van der Waals surface area contributed by atoms with Crippen molar-refractivity contribution < 1.29 is 18.3 Å². The Labute approximate surface area is 163 Å². The van der Waals surface area contributed by atoms with Crippen molar-refractivity contribution in [2.75, 3.05) is 36.0 Å². The molecule has 0 unspecified atom stereocenters. The lowest BCUT2D eigenvalue weighted by Crippen LogP contribution is -2.41. The second-order valence-corrected chi connectivity index (χ2v) is 5.99. The molecule has 0 saturated heterocycles. The number of nitriles is 1. The SMILES string of the molecule is CCOc1ccc(N(CCC#N)C(=O)CN(CC)c2ccc(F)c(F)c2)cc1. The molecule has 0 bridgehead atoms. The van der Waals surface area contributed by atoms with Crippen LogP contribution in [0.2, 0.25) is 0 Å². The van der Waals surface area contributed by atoms with E-state index >= 15 is 0 Å². The van der Waals surface area contributed by atoms with Gasteiger partial charge in [0.05, 0.1) is 25.6 Å². The topological polar surface area (TPSA) is 56.6 Å². The second-order valence-electron chi connectivity index (χ2n) is 5.99. The summed E-state index contributed by atoms with van der Waals surface area (Å²) in [6, 6.07) is 12.6. The van der Waals surface area contributed by atoms with E-state index in [1.54, 1.807) is 29.2 Å². The molecule has 1 amide bonds. The molecule has 0 saturated carbocycles. The number of nitrogens with zero attached hydrogens (tertiary/aromatic N) is 3. The van der Waals surface area contributed by atoms with E-state index < -0.39 is 11.6 Å². The highest BCUT2D eigenvalue weighted by Gasteiger charge is 2.19. The number of benzene rings is 2. The first-order chi connectivity index (χ1) is 13.5. The first-order valence-electron chi connectivity index (χ1n) is 9.10. The van der Waals surface area contributed by atoms with Crippen LogP contribution in [-0.4, -0.2) is 32.1 Å². The Balaban J connectivity index is 2.20. The van der Waals surface area contributed by atoms with Crippen molar-refractivity contribution in [3.63, 3.8) is 0 Å². The maximum Gasteiger partial charge on any atom is 0.246 e. The van der Waals surface area contributed by atoms with Crippen LogP contribution in [0.1, 0.15) is 20.3 Å². The second kappa shape index (κ2) is 10.3. The maximum absolute atomic E-state index is 13.6. The molecule has 0 N–H and O–H groups in total. The van der Waals surface area contributed by atoms with Crippen LogP contribution in [0.5, 0.6) is 5.75 Å². The number of amides is 1. The highest BCUT2D eigenvalue weighted by Crippen LogP contribution is 2.22. The lowest BCUT2D eigenvalue weighted by Gasteiger charge is -2.28. The summed E-state index contributed by atoms with van der Waals surface area (Å²) in [6.45, 7) is 4.89. The first-order valence-corrected chi connectivity index (χ1v) is 9.10. The van der Waals surface area contributed by atoms with Crippen molar-refractivity contribution in [3.05, 3.63) is 54.1 Å². The Hall–Kier alpha value is -3.14. The molecular formula is C21H23F2N3O2. The minimum atomic E-state index is -0.962. The molecule has 0 heterocycles. The van der Waals surface area contributed by atoms with Gasteiger partial charge in [-0.05, 0) is 50.2 Å². The molecule has 7 heteroatoms. The Morgan fingerprint density at radius 1 is 1.07 bits per heavy atom. The smallest absolute Gasteiger partial charge is 0.246 e. The highest BCUT2D eigenvalue weighted by atomic mass is 19.2. The number of anilines is 2. The number of hydrogen-bond acceptors (Lipinski definition) is 4. The molecule has 28 heavy (non-hydrogen) atoms. The summed E-state index contributed by atoms with van der Waals surface area (Å²) in [7, 11) is 0. The normalized spacial score (nSPS) is 10.2. The van der Waals surface area contributed by atoms with Gasteiger partial charge in [-0.3, -0.25) is 4.79 Å². The van der Waals surface area contributed by atoms with Gasteiger partial charge in [0.2, 0.25) is 5.91 Å². The van der Waals surface area contributed by atoms with E-state index in [9.17, 15) is 13.6 Å². The van der Waals surface area contributed by atoms with Crippen LogP contribution in [0.3, 0.4) is 0 Å². The third-order valence-electron chi connectivity index (χ3n) is 4.18. The van der Waals surface area contributed by atoms with E-state index in [0.29, 0.717) is 30.3 Å². The van der Waals surface area contributed by atoms with Crippen LogP contribution in [0.15, 0.2) is 42.5 Å². The summed E-state index contributed by atoms with van der Waals surface area (Å²) in [6.07, 6.45) is 0.177. The van der Waals surface area contributed by atoms with Crippen LogP contribution in [0, 0.1) is 23.0 Å². The van der Waals surface area contributed by atoms with Gasteiger partial charge in [0, 0.05) is 30.5 Å². The van der Waals surface area contributed by atoms with Gasteiger partial charge in [-0.25, -0.2) is 8.78 Å². The molecule has 2 aromatic carbocycles. The van der Waals surface area contributed by atoms with Gasteiger partial charge in [0.1, 0.15) is 5.75 Å². The van der Waals surface area contributed by atoms with E-state index in [4.69, 9.17) is 10.00 Å². The molecule has 148 valence electrons. The Kier molecular flexibility index (Phi) is 7.76. The zero-order valence-electron chi connectivity index (χ0n) is 16.0. The summed E-state index contributed by atoms with van der Waals surface area (Å²) in [5.41, 5.74) is 1.06. The Bertz CT molecular complexity index is 835. The number of ether oxygens (including phenoxy) is 1. The van der Waals surface area contributed by atoms with E-state index in [2.05, 4.69) is 0 Å². The van der Waals surface area contributed by atoms with Crippen LogP contribution in [0.4, 0.5) is 20.2 Å². The van der Waals surface area contributed by atoms with Gasteiger partial charge < -0.3 is 14.5 Å². The predicted molar refractivity (Wildman–Crippen MR) is 104 cm³/mol. The third-order valence-corrected chi connectivity index (χ3v) is 4.18. The standard InChI is InChI=1S/C21H23F2N3O2/c1-3-25(17-8-11-19(22)20(23)14-17)15-21(27)26(13-5-12-24)16-6-9-18(10-7-16)28-4-2/h6-11,14H,3-5,13,15H2,1-2H3.